The maximum atomic E-state index is 14.2. The lowest BCUT2D eigenvalue weighted by atomic mass is 10.1. The smallest absolute Gasteiger partial charge is 0.409 e. The molecule has 1 N–H and O–H groups in total. The van der Waals surface area contributed by atoms with Crippen molar-refractivity contribution >= 4 is 6.09 Å². The Morgan fingerprint density at radius 3 is 2.75 bits per heavy atom. The number of rotatable bonds is 6. The Kier molecular flexibility index (Phi) is 5.00. The third kappa shape index (κ3) is 3.51. The first-order valence-corrected chi connectivity index (χ1v) is 7.80. The van der Waals surface area contributed by atoms with E-state index in [1.165, 1.54) is 6.07 Å². The summed E-state index contributed by atoms with van der Waals surface area (Å²) in [5, 5.41) is 9.13. The van der Waals surface area contributed by atoms with E-state index in [2.05, 4.69) is 9.97 Å². The molecule has 0 atom stereocenters. The molecule has 1 aliphatic rings. The van der Waals surface area contributed by atoms with Gasteiger partial charge in [0.2, 0.25) is 0 Å². The fourth-order valence-electron chi connectivity index (χ4n) is 2.60. The van der Waals surface area contributed by atoms with Crippen molar-refractivity contribution in [3.63, 3.8) is 0 Å². The molecule has 0 saturated carbocycles. The van der Waals surface area contributed by atoms with Gasteiger partial charge in [-0.1, -0.05) is 18.2 Å². The molecular formula is C17H18FN3O3. The van der Waals surface area contributed by atoms with Crippen molar-refractivity contribution in [2.75, 3.05) is 19.7 Å². The predicted octanol–water partition coefficient (Wildman–Crippen LogP) is 2.16. The second-order valence-electron chi connectivity index (χ2n) is 5.53. The van der Waals surface area contributed by atoms with Gasteiger partial charge >= 0.3 is 6.09 Å². The minimum atomic E-state index is -0.455. The topological polar surface area (TPSA) is 75.5 Å². The van der Waals surface area contributed by atoms with E-state index < -0.39 is 5.82 Å². The highest BCUT2D eigenvalue weighted by atomic mass is 19.1. The third-order valence-electron chi connectivity index (χ3n) is 3.94. The van der Waals surface area contributed by atoms with Crippen LogP contribution < -0.4 is 0 Å². The van der Waals surface area contributed by atoms with Gasteiger partial charge in [0.15, 0.2) is 0 Å². The van der Waals surface area contributed by atoms with Crippen molar-refractivity contribution in [1.29, 1.82) is 0 Å². The van der Waals surface area contributed by atoms with E-state index in [0.29, 0.717) is 43.1 Å². The Hall–Kier alpha value is -2.54. The van der Waals surface area contributed by atoms with Crippen molar-refractivity contribution < 1.29 is 19.0 Å². The normalized spacial score (nSPS) is 14.1. The number of halogens is 1. The lowest BCUT2D eigenvalue weighted by Gasteiger charge is -2.11. The van der Waals surface area contributed by atoms with Gasteiger partial charge in [0.05, 0.1) is 13.2 Å². The average molecular weight is 331 g/mol. The van der Waals surface area contributed by atoms with E-state index in [1.807, 2.05) is 0 Å². The zero-order valence-corrected chi connectivity index (χ0v) is 13.1. The number of ether oxygens (including phenoxy) is 1. The molecule has 0 radical (unpaired) electrons. The Balaban J connectivity index is 1.62. The molecule has 0 spiro atoms. The fourth-order valence-corrected chi connectivity index (χ4v) is 2.60. The number of hydrogen-bond donors (Lipinski definition) is 1. The number of carbonyl (C=O) groups excluding carboxylic acids is 1. The summed E-state index contributed by atoms with van der Waals surface area (Å²) < 4.78 is 19.1. The number of aliphatic hydroxyl groups is 1. The molecule has 3 rings (SSSR count). The van der Waals surface area contributed by atoms with E-state index >= 15 is 0 Å². The number of hydrogen-bond acceptors (Lipinski definition) is 5. The van der Waals surface area contributed by atoms with Crippen molar-refractivity contribution in [2.45, 2.75) is 19.4 Å². The van der Waals surface area contributed by atoms with Gasteiger partial charge in [-0.3, -0.25) is 0 Å². The number of nitrogens with zero attached hydrogens (tertiary/aromatic N) is 3. The Morgan fingerprint density at radius 1 is 1.29 bits per heavy atom. The Bertz CT molecular complexity index is 722. The highest BCUT2D eigenvalue weighted by Gasteiger charge is 2.20. The summed E-state index contributed by atoms with van der Waals surface area (Å²) >= 11 is 0. The van der Waals surface area contributed by atoms with Gasteiger partial charge in [0.1, 0.15) is 18.2 Å². The first-order valence-electron chi connectivity index (χ1n) is 7.80. The van der Waals surface area contributed by atoms with Gasteiger partial charge in [0.25, 0.3) is 0 Å². The van der Waals surface area contributed by atoms with Crippen LogP contribution in [0.4, 0.5) is 9.18 Å². The third-order valence-corrected chi connectivity index (χ3v) is 3.94. The van der Waals surface area contributed by atoms with Crippen LogP contribution in [-0.2, 0) is 17.8 Å². The molecule has 1 aromatic carbocycles. The number of aryl methyl sites for hydroxylation is 1. The molecule has 1 fully saturated rings. The van der Waals surface area contributed by atoms with Crippen molar-refractivity contribution in [1.82, 2.24) is 14.9 Å². The molecule has 0 aliphatic carbocycles. The van der Waals surface area contributed by atoms with Crippen LogP contribution in [-0.4, -0.2) is 45.8 Å². The van der Waals surface area contributed by atoms with E-state index in [9.17, 15) is 9.18 Å². The summed E-state index contributed by atoms with van der Waals surface area (Å²) in [6.07, 6.45) is 4.25. The summed E-state index contributed by atoms with van der Waals surface area (Å²) in [5.74, 6) is 0.189. The van der Waals surface area contributed by atoms with Gasteiger partial charge in [-0.2, -0.15) is 0 Å². The quantitative estimate of drug-likeness (QED) is 0.878. The van der Waals surface area contributed by atoms with Crippen molar-refractivity contribution in [3.05, 3.63) is 47.8 Å². The minimum absolute atomic E-state index is 0.245. The maximum absolute atomic E-state index is 14.2. The molecule has 1 saturated heterocycles. The predicted molar refractivity (Wildman–Crippen MR) is 84.6 cm³/mol. The first-order chi connectivity index (χ1) is 11.7. The number of amides is 1. The standard InChI is InChI=1S/C17H18FN3O3/c18-16-12(11-22)3-1-4-14(16)13-9-19-15(20-10-13)5-2-6-21-7-8-24-17(21)23/h1,3-4,9-10,22H,2,5-8,11H2. The molecule has 1 amide bonds. The average Bonchev–Trinajstić information content (AvgIpc) is 3.01. The zero-order chi connectivity index (χ0) is 16.9. The molecule has 24 heavy (non-hydrogen) atoms. The molecule has 6 nitrogen and oxygen atoms in total. The molecule has 1 aliphatic heterocycles. The number of carbonyl (C=O) groups is 1. The van der Waals surface area contributed by atoms with Crippen molar-refractivity contribution in [2.24, 2.45) is 0 Å². The first kappa shape index (κ1) is 16.3. The van der Waals surface area contributed by atoms with E-state index in [4.69, 9.17) is 9.84 Å². The highest BCUT2D eigenvalue weighted by molar-refractivity contribution is 5.69. The van der Waals surface area contributed by atoms with Gasteiger partial charge in [0, 0.05) is 42.0 Å². The van der Waals surface area contributed by atoms with Crippen LogP contribution in [0.3, 0.4) is 0 Å². The summed E-state index contributed by atoms with van der Waals surface area (Å²) in [6, 6.07) is 4.86. The van der Waals surface area contributed by atoms with Crippen LogP contribution in [0.25, 0.3) is 11.1 Å². The van der Waals surface area contributed by atoms with Gasteiger partial charge in [-0.05, 0) is 6.42 Å². The molecule has 2 aromatic rings. The number of aliphatic hydroxyl groups excluding tert-OH is 1. The molecule has 7 heteroatoms. The molecule has 1 aromatic heterocycles. The molecule has 0 bridgehead atoms. The number of aromatic nitrogens is 2. The summed E-state index contributed by atoms with van der Waals surface area (Å²) in [6.45, 7) is 1.33. The van der Waals surface area contributed by atoms with Crippen LogP contribution in [0.5, 0.6) is 0 Å². The van der Waals surface area contributed by atoms with Crippen LogP contribution in [0, 0.1) is 5.82 Å². The molecule has 2 heterocycles. The molecule has 126 valence electrons. The highest BCUT2D eigenvalue weighted by Crippen LogP contribution is 2.24. The summed E-state index contributed by atoms with van der Waals surface area (Å²) in [5.41, 5.74) is 1.18. The van der Waals surface area contributed by atoms with E-state index in [1.54, 1.807) is 29.4 Å². The lowest BCUT2D eigenvalue weighted by molar-refractivity contribution is 0.158. The summed E-state index contributed by atoms with van der Waals surface area (Å²) in [7, 11) is 0. The lowest BCUT2D eigenvalue weighted by Crippen LogP contribution is -2.25. The largest absolute Gasteiger partial charge is 0.448 e. The van der Waals surface area contributed by atoms with Crippen LogP contribution in [0.1, 0.15) is 17.8 Å². The second-order valence-corrected chi connectivity index (χ2v) is 5.53. The SMILES string of the molecule is O=C1OCCN1CCCc1ncc(-c2cccc(CO)c2F)cn1. The Morgan fingerprint density at radius 2 is 2.08 bits per heavy atom. The molecular weight excluding hydrogens is 313 g/mol. The van der Waals surface area contributed by atoms with Gasteiger partial charge in [-0.15, -0.1) is 0 Å². The van der Waals surface area contributed by atoms with Gasteiger partial charge < -0.3 is 14.7 Å². The minimum Gasteiger partial charge on any atom is -0.448 e. The monoisotopic (exact) mass is 331 g/mol. The zero-order valence-electron chi connectivity index (χ0n) is 13.1. The van der Waals surface area contributed by atoms with Crippen molar-refractivity contribution in [3.8, 4) is 11.1 Å². The van der Waals surface area contributed by atoms with Gasteiger partial charge in [-0.25, -0.2) is 19.2 Å². The number of cyclic esters (lactones) is 1. The van der Waals surface area contributed by atoms with Crippen LogP contribution in [0.2, 0.25) is 0 Å². The summed E-state index contributed by atoms with van der Waals surface area (Å²) in [4.78, 5) is 21.5. The van der Waals surface area contributed by atoms with E-state index in [-0.39, 0.29) is 18.3 Å². The number of benzene rings is 1. The molecule has 0 unspecified atom stereocenters. The maximum Gasteiger partial charge on any atom is 0.409 e. The van der Waals surface area contributed by atoms with Crippen LogP contribution >= 0.6 is 0 Å². The second kappa shape index (κ2) is 7.35. The van der Waals surface area contributed by atoms with E-state index in [0.717, 1.165) is 6.42 Å². The van der Waals surface area contributed by atoms with Crippen LogP contribution in [0.15, 0.2) is 30.6 Å². The Labute approximate surface area is 138 Å². The fraction of sp³-hybridized carbons (Fsp3) is 0.353.